The first-order chi connectivity index (χ1) is 18.5. The molecular weight excluding hydrogens is 498 g/mol. The fourth-order valence-electron chi connectivity index (χ4n) is 6.55. The third kappa shape index (κ3) is 5.36. The van der Waals surface area contributed by atoms with E-state index < -0.39 is 41.7 Å². The SMILES string of the molecule is CC1(C)C[C@H]2[C@@H](OC(=O)[C@H](O)[C@@H](NC(=O)c3ccccc3)c3ccccc3)C3=C(C[C@](C)(O)[C@H]2C1)C(=O)OC3. The first-order valence-electron chi connectivity index (χ1n) is 13.4. The number of hydrogen-bond acceptors (Lipinski definition) is 7. The summed E-state index contributed by atoms with van der Waals surface area (Å²) in [6, 6.07) is 16.2. The molecule has 2 aliphatic carbocycles. The molecule has 8 heteroatoms. The predicted molar refractivity (Wildman–Crippen MR) is 142 cm³/mol. The molecule has 0 unspecified atom stereocenters. The van der Waals surface area contributed by atoms with Crippen molar-refractivity contribution >= 4 is 17.8 Å². The highest BCUT2D eigenvalue weighted by molar-refractivity contribution is 5.95. The largest absolute Gasteiger partial charge is 0.458 e. The molecule has 206 valence electrons. The molecule has 8 nitrogen and oxygen atoms in total. The van der Waals surface area contributed by atoms with Gasteiger partial charge in [0.1, 0.15) is 12.7 Å². The quantitative estimate of drug-likeness (QED) is 0.486. The molecule has 0 spiro atoms. The highest BCUT2D eigenvalue weighted by atomic mass is 16.6. The van der Waals surface area contributed by atoms with Crippen LogP contribution in [-0.2, 0) is 19.1 Å². The number of esters is 2. The molecule has 2 aromatic rings. The van der Waals surface area contributed by atoms with E-state index in [9.17, 15) is 24.6 Å². The van der Waals surface area contributed by atoms with Crippen LogP contribution < -0.4 is 5.32 Å². The highest BCUT2D eigenvalue weighted by Gasteiger charge is 2.56. The second-order valence-electron chi connectivity index (χ2n) is 12.0. The minimum absolute atomic E-state index is 0.0191. The highest BCUT2D eigenvalue weighted by Crippen LogP contribution is 2.56. The van der Waals surface area contributed by atoms with Gasteiger partial charge in [-0.25, -0.2) is 9.59 Å². The van der Waals surface area contributed by atoms with Crippen molar-refractivity contribution in [2.45, 2.75) is 63.9 Å². The molecule has 0 aromatic heterocycles. The maximum Gasteiger partial charge on any atom is 0.338 e. The average molecular weight is 534 g/mol. The first-order valence-corrected chi connectivity index (χ1v) is 13.4. The number of carbonyl (C=O) groups excluding carboxylic acids is 3. The number of fused-ring (bicyclic) bond motifs is 1. The lowest BCUT2D eigenvalue weighted by Gasteiger charge is -2.35. The van der Waals surface area contributed by atoms with Gasteiger partial charge in [0.05, 0.1) is 11.6 Å². The summed E-state index contributed by atoms with van der Waals surface area (Å²) in [5.74, 6) is -2.35. The molecule has 0 bridgehead atoms. The summed E-state index contributed by atoms with van der Waals surface area (Å²) < 4.78 is 11.3. The molecule has 1 fully saturated rings. The van der Waals surface area contributed by atoms with Gasteiger partial charge in [0, 0.05) is 29.0 Å². The molecule has 1 aliphatic heterocycles. The fourth-order valence-corrected chi connectivity index (χ4v) is 6.55. The Balaban J connectivity index is 1.45. The summed E-state index contributed by atoms with van der Waals surface area (Å²) in [7, 11) is 0. The zero-order valence-corrected chi connectivity index (χ0v) is 22.4. The van der Waals surface area contributed by atoms with E-state index in [4.69, 9.17) is 9.47 Å². The Hall–Kier alpha value is -3.49. The van der Waals surface area contributed by atoms with Gasteiger partial charge in [-0.2, -0.15) is 0 Å². The Bertz CT molecular complexity index is 1280. The van der Waals surface area contributed by atoms with E-state index in [1.165, 1.54) is 0 Å². The van der Waals surface area contributed by atoms with Crippen molar-refractivity contribution < 1.29 is 34.1 Å². The van der Waals surface area contributed by atoms with Crippen LogP contribution in [0.25, 0.3) is 0 Å². The number of hydrogen-bond donors (Lipinski definition) is 3. The third-order valence-electron chi connectivity index (χ3n) is 8.42. The number of nitrogens with one attached hydrogen (secondary N) is 1. The van der Waals surface area contributed by atoms with E-state index in [1.54, 1.807) is 67.6 Å². The van der Waals surface area contributed by atoms with E-state index in [2.05, 4.69) is 19.2 Å². The number of benzene rings is 2. The smallest absolute Gasteiger partial charge is 0.338 e. The second kappa shape index (κ2) is 10.2. The Kier molecular flexibility index (Phi) is 7.11. The van der Waals surface area contributed by atoms with Crippen LogP contribution in [0.2, 0.25) is 0 Å². The van der Waals surface area contributed by atoms with E-state index in [0.717, 1.165) is 0 Å². The van der Waals surface area contributed by atoms with Crippen molar-refractivity contribution in [1.82, 2.24) is 5.32 Å². The Morgan fingerprint density at radius 2 is 1.67 bits per heavy atom. The van der Waals surface area contributed by atoms with Crippen LogP contribution in [0.15, 0.2) is 71.8 Å². The Morgan fingerprint density at radius 1 is 1.03 bits per heavy atom. The van der Waals surface area contributed by atoms with Crippen molar-refractivity contribution in [2.75, 3.05) is 6.61 Å². The molecule has 1 amide bonds. The molecular formula is C31H35NO7. The lowest BCUT2D eigenvalue weighted by Crippen LogP contribution is -2.45. The van der Waals surface area contributed by atoms with Gasteiger partial charge in [0.25, 0.3) is 5.91 Å². The summed E-state index contributed by atoms with van der Waals surface area (Å²) >= 11 is 0. The topological polar surface area (TPSA) is 122 Å². The van der Waals surface area contributed by atoms with E-state index in [-0.39, 0.29) is 30.3 Å². The van der Waals surface area contributed by atoms with Crippen molar-refractivity contribution in [1.29, 1.82) is 0 Å². The van der Waals surface area contributed by atoms with Crippen LogP contribution >= 0.6 is 0 Å². The zero-order chi connectivity index (χ0) is 27.9. The van der Waals surface area contributed by atoms with Gasteiger partial charge in [0.2, 0.25) is 0 Å². The molecule has 3 aliphatic rings. The lowest BCUT2D eigenvalue weighted by molar-refractivity contribution is -0.163. The third-order valence-corrected chi connectivity index (χ3v) is 8.42. The predicted octanol–water partition coefficient (Wildman–Crippen LogP) is 3.49. The summed E-state index contributed by atoms with van der Waals surface area (Å²) in [5.41, 5.74) is 0.525. The number of ether oxygens (including phenoxy) is 2. The van der Waals surface area contributed by atoms with Crippen LogP contribution in [0.3, 0.4) is 0 Å². The second-order valence-corrected chi connectivity index (χ2v) is 12.0. The minimum atomic E-state index is -1.72. The number of amides is 1. The molecule has 1 heterocycles. The maximum absolute atomic E-state index is 13.6. The van der Waals surface area contributed by atoms with Crippen molar-refractivity contribution in [3.8, 4) is 0 Å². The molecule has 39 heavy (non-hydrogen) atoms. The van der Waals surface area contributed by atoms with Gasteiger partial charge in [-0.15, -0.1) is 0 Å². The number of carbonyl (C=O) groups is 3. The summed E-state index contributed by atoms with van der Waals surface area (Å²) in [4.78, 5) is 39.2. The van der Waals surface area contributed by atoms with Crippen LogP contribution in [0.5, 0.6) is 0 Å². The number of aliphatic hydroxyl groups excluding tert-OH is 1. The van der Waals surface area contributed by atoms with Gasteiger partial charge >= 0.3 is 11.9 Å². The molecule has 3 N–H and O–H groups in total. The molecule has 2 aromatic carbocycles. The minimum Gasteiger partial charge on any atom is -0.458 e. The molecule has 0 radical (unpaired) electrons. The average Bonchev–Trinajstić information content (AvgIpc) is 3.42. The molecule has 6 atom stereocenters. The monoisotopic (exact) mass is 533 g/mol. The number of aliphatic hydroxyl groups is 2. The van der Waals surface area contributed by atoms with Crippen LogP contribution in [0, 0.1) is 17.3 Å². The van der Waals surface area contributed by atoms with E-state index >= 15 is 0 Å². The van der Waals surface area contributed by atoms with Gasteiger partial charge in [-0.1, -0.05) is 62.4 Å². The van der Waals surface area contributed by atoms with Crippen LogP contribution in [0.4, 0.5) is 0 Å². The summed E-state index contributed by atoms with van der Waals surface area (Å²) in [6.45, 7) is 5.93. The standard InChI is InChI=1S/C31H35NO7/c1-30(2)14-21-23(16-30)31(3,37)15-20-22(17-38-28(20)35)26(21)39-29(36)25(33)24(18-10-6-4-7-11-18)32-27(34)19-12-8-5-9-13-19/h4-13,21,23-26,33,37H,14-17H2,1-3H3,(H,32,34)/t21-,23+,24+,25-,26-,31+/m1/s1. The van der Waals surface area contributed by atoms with Gasteiger partial charge in [-0.05, 0) is 48.8 Å². The summed E-state index contributed by atoms with van der Waals surface area (Å²) in [6.07, 6.45) is -1.07. The Labute approximate surface area is 228 Å². The van der Waals surface area contributed by atoms with Gasteiger partial charge in [-0.3, -0.25) is 4.79 Å². The normalized spacial score (nSPS) is 28.9. The first kappa shape index (κ1) is 27.1. The van der Waals surface area contributed by atoms with Crippen molar-refractivity contribution in [3.63, 3.8) is 0 Å². The van der Waals surface area contributed by atoms with Gasteiger partial charge < -0.3 is 25.0 Å². The lowest BCUT2D eigenvalue weighted by atomic mass is 9.78. The fraction of sp³-hybridized carbons (Fsp3) is 0.452. The van der Waals surface area contributed by atoms with Gasteiger partial charge in [0.15, 0.2) is 6.10 Å². The number of rotatable bonds is 6. The van der Waals surface area contributed by atoms with Crippen molar-refractivity contribution in [3.05, 3.63) is 82.9 Å². The molecule has 1 saturated carbocycles. The van der Waals surface area contributed by atoms with E-state index in [0.29, 0.717) is 35.1 Å². The van der Waals surface area contributed by atoms with Crippen LogP contribution in [-0.4, -0.2) is 52.5 Å². The zero-order valence-electron chi connectivity index (χ0n) is 22.4. The summed E-state index contributed by atoms with van der Waals surface area (Å²) in [5, 5.41) is 25.5. The van der Waals surface area contributed by atoms with Crippen LogP contribution in [0.1, 0.15) is 62.0 Å². The molecule has 5 rings (SSSR count). The van der Waals surface area contributed by atoms with Crippen molar-refractivity contribution in [2.24, 2.45) is 17.3 Å². The molecule has 0 saturated heterocycles. The maximum atomic E-state index is 13.6. The van der Waals surface area contributed by atoms with E-state index in [1.807, 2.05) is 0 Å². The Morgan fingerprint density at radius 3 is 2.33 bits per heavy atom. The number of cyclic esters (lactones) is 1.